The summed E-state index contributed by atoms with van der Waals surface area (Å²) < 4.78 is 32.8. The van der Waals surface area contributed by atoms with Gasteiger partial charge in [-0.3, -0.25) is 4.79 Å². The first-order valence-corrected chi connectivity index (χ1v) is 6.98. The zero-order valence-electron chi connectivity index (χ0n) is 13.0. The average molecular weight is 300 g/mol. The molecule has 0 amide bonds. The van der Waals surface area contributed by atoms with E-state index in [1.807, 2.05) is 0 Å². The van der Waals surface area contributed by atoms with Crippen LogP contribution in [-0.2, 0) is 15.1 Å². The second-order valence-corrected chi connectivity index (χ2v) is 5.70. The van der Waals surface area contributed by atoms with E-state index in [2.05, 4.69) is 0 Å². The molecular formula is C16H22F2O3. The number of aryl methyl sites for hydroxylation is 1. The van der Waals surface area contributed by atoms with Crippen molar-refractivity contribution in [1.82, 2.24) is 0 Å². The van der Waals surface area contributed by atoms with Gasteiger partial charge in [0, 0.05) is 5.56 Å². The Hall–Kier alpha value is -1.49. The predicted octanol–water partition coefficient (Wildman–Crippen LogP) is 3.32. The van der Waals surface area contributed by atoms with Gasteiger partial charge in [0.15, 0.2) is 0 Å². The number of aliphatic hydroxyl groups is 1. The molecule has 0 fully saturated rings. The molecule has 0 aliphatic heterocycles. The summed E-state index contributed by atoms with van der Waals surface area (Å²) in [5.74, 6) is -3.29. The molecule has 3 nitrogen and oxygen atoms in total. The number of carbonyl (C=O) groups is 1. The van der Waals surface area contributed by atoms with Crippen LogP contribution < -0.4 is 0 Å². The summed E-state index contributed by atoms with van der Waals surface area (Å²) in [4.78, 5) is 12.1. The lowest BCUT2D eigenvalue weighted by molar-refractivity contribution is -0.161. The maximum absolute atomic E-state index is 14.1. The van der Waals surface area contributed by atoms with Crippen molar-refractivity contribution in [3.8, 4) is 0 Å². The van der Waals surface area contributed by atoms with Crippen LogP contribution in [0.25, 0.3) is 0 Å². The Morgan fingerprint density at radius 3 is 2.38 bits per heavy atom. The Morgan fingerprint density at radius 1 is 1.33 bits per heavy atom. The van der Waals surface area contributed by atoms with E-state index < -0.39 is 29.1 Å². The SMILES string of the molecule is CCOC(=O)C(C(C)C)C(C)(O)c1cc(F)c(C)cc1F. The third-order valence-electron chi connectivity index (χ3n) is 3.61. The van der Waals surface area contributed by atoms with E-state index >= 15 is 0 Å². The smallest absolute Gasteiger partial charge is 0.312 e. The normalized spacial score (nSPS) is 15.7. The minimum absolute atomic E-state index is 0.143. The summed E-state index contributed by atoms with van der Waals surface area (Å²) in [6, 6.07) is 1.96. The van der Waals surface area contributed by atoms with Gasteiger partial charge >= 0.3 is 5.97 Å². The second kappa shape index (κ2) is 6.52. The van der Waals surface area contributed by atoms with Crippen LogP contribution >= 0.6 is 0 Å². The Morgan fingerprint density at radius 2 is 1.90 bits per heavy atom. The minimum atomic E-state index is -1.86. The van der Waals surface area contributed by atoms with E-state index in [0.717, 1.165) is 12.1 Å². The van der Waals surface area contributed by atoms with Crippen LogP contribution in [0.5, 0.6) is 0 Å². The number of rotatable bonds is 5. The summed E-state index contributed by atoms with van der Waals surface area (Å²) >= 11 is 0. The molecule has 1 aromatic carbocycles. The molecule has 1 N–H and O–H groups in total. The van der Waals surface area contributed by atoms with Gasteiger partial charge in [0.2, 0.25) is 0 Å². The molecule has 0 heterocycles. The summed E-state index contributed by atoms with van der Waals surface area (Å²) in [6.07, 6.45) is 0. The number of esters is 1. The largest absolute Gasteiger partial charge is 0.466 e. The first-order valence-electron chi connectivity index (χ1n) is 6.98. The molecule has 2 atom stereocenters. The van der Waals surface area contributed by atoms with E-state index in [1.54, 1.807) is 20.8 Å². The third-order valence-corrected chi connectivity index (χ3v) is 3.61. The van der Waals surface area contributed by atoms with Crippen LogP contribution in [0.2, 0.25) is 0 Å². The highest BCUT2D eigenvalue weighted by atomic mass is 19.1. The summed E-state index contributed by atoms with van der Waals surface area (Å²) in [6.45, 7) is 7.99. The Labute approximate surface area is 123 Å². The molecule has 0 aliphatic carbocycles. The van der Waals surface area contributed by atoms with Crippen LogP contribution in [0, 0.1) is 30.4 Å². The van der Waals surface area contributed by atoms with Crippen LogP contribution in [0.1, 0.15) is 38.8 Å². The molecule has 0 aliphatic rings. The number of carbonyl (C=O) groups excluding carboxylic acids is 1. The van der Waals surface area contributed by atoms with E-state index in [-0.39, 0.29) is 23.7 Å². The predicted molar refractivity (Wildman–Crippen MR) is 75.6 cm³/mol. The molecule has 118 valence electrons. The van der Waals surface area contributed by atoms with Crippen molar-refractivity contribution in [2.45, 2.75) is 40.2 Å². The molecule has 0 radical (unpaired) electrons. The quantitative estimate of drug-likeness (QED) is 0.849. The number of hydrogen-bond donors (Lipinski definition) is 1. The molecule has 5 heteroatoms. The second-order valence-electron chi connectivity index (χ2n) is 5.70. The van der Waals surface area contributed by atoms with Crippen molar-refractivity contribution in [2.24, 2.45) is 11.8 Å². The topological polar surface area (TPSA) is 46.5 Å². The van der Waals surface area contributed by atoms with Crippen LogP contribution in [0.3, 0.4) is 0 Å². The summed E-state index contributed by atoms with van der Waals surface area (Å²) in [5.41, 5.74) is -1.96. The molecule has 1 rings (SSSR count). The molecule has 0 bridgehead atoms. The molecule has 2 unspecified atom stereocenters. The monoisotopic (exact) mass is 300 g/mol. The summed E-state index contributed by atoms with van der Waals surface area (Å²) in [5, 5.41) is 10.7. The Bertz CT molecular complexity index is 524. The Kier molecular flexibility index (Phi) is 5.45. The molecule has 0 spiro atoms. The fourth-order valence-electron chi connectivity index (χ4n) is 2.58. The van der Waals surface area contributed by atoms with Gasteiger partial charge < -0.3 is 9.84 Å². The van der Waals surface area contributed by atoms with E-state index in [4.69, 9.17) is 4.74 Å². The lowest BCUT2D eigenvalue weighted by Gasteiger charge is -2.34. The molecule has 0 saturated heterocycles. The van der Waals surface area contributed by atoms with Crippen molar-refractivity contribution >= 4 is 5.97 Å². The number of halogens is 2. The first-order chi connectivity index (χ1) is 9.62. The van der Waals surface area contributed by atoms with Crippen molar-refractivity contribution in [3.63, 3.8) is 0 Å². The standard InChI is InChI=1S/C16H22F2O3/c1-6-21-15(19)14(9(2)3)16(5,20)11-8-12(17)10(4)7-13(11)18/h7-9,14,20H,6H2,1-5H3. The maximum atomic E-state index is 14.1. The fourth-order valence-corrected chi connectivity index (χ4v) is 2.58. The molecule has 0 aromatic heterocycles. The highest BCUT2D eigenvalue weighted by Crippen LogP contribution is 2.37. The highest BCUT2D eigenvalue weighted by Gasteiger charge is 2.43. The number of hydrogen-bond acceptors (Lipinski definition) is 3. The lowest BCUT2D eigenvalue weighted by Crippen LogP contribution is -2.42. The zero-order valence-corrected chi connectivity index (χ0v) is 13.0. The number of ether oxygens (including phenoxy) is 1. The van der Waals surface area contributed by atoms with Gasteiger partial charge in [0.05, 0.1) is 12.5 Å². The third kappa shape index (κ3) is 3.59. The van der Waals surface area contributed by atoms with Crippen molar-refractivity contribution in [2.75, 3.05) is 6.61 Å². The fraction of sp³-hybridized carbons (Fsp3) is 0.562. The molecule has 0 saturated carbocycles. The van der Waals surface area contributed by atoms with Gasteiger partial charge in [-0.2, -0.15) is 0 Å². The molecule has 21 heavy (non-hydrogen) atoms. The summed E-state index contributed by atoms with van der Waals surface area (Å²) in [7, 11) is 0. The van der Waals surface area contributed by atoms with E-state index in [1.165, 1.54) is 13.8 Å². The van der Waals surface area contributed by atoms with Crippen molar-refractivity contribution < 1.29 is 23.4 Å². The lowest BCUT2D eigenvalue weighted by atomic mass is 9.76. The average Bonchev–Trinajstić information content (AvgIpc) is 2.33. The first kappa shape index (κ1) is 17.6. The zero-order chi connectivity index (χ0) is 16.4. The van der Waals surface area contributed by atoms with Gasteiger partial charge in [-0.05, 0) is 44.4 Å². The molecule has 1 aromatic rings. The van der Waals surface area contributed by atoms with Gasteiger partial charge in [0.25, 0.3) is 0 Å². The van der Waals surface area contributed by atoms with Gasteiger partial charge in [-0.15, -0.1) is 0 Å². The van der Waals surface area contributed by atoms with Gasteiger partial charge in [-0.25, -0.2) is 8.78 Å². The van der Waals surface area contributed by atoms with Crippen LogP contribution in [-0.4, -0.2) is 17.7 Å². The minimum Gasteiger partial charge on any atom is -0.466 e. The molecular weight excluding hydrogens is 278 g/mol. The Balaban J connectivity index is 3.35. The van der Waals surface area contributed by atoms with Crippen molar-refractivity contribution in [1.29, 1.82) is 0 Å². The van der Waals surface area contributed by atoms with Gasteiger partial charge in [-0.1, -0.05) is 13.8 Å². The van der Waals surface area contributed by atoms with Crippen molar-refractivity contribution in [3.05, 3.63) is 34.9 Å². The van der Waals surface area contributed by atoms with Crippen LogP contribution in [0.4, 0.5) is 8.78 Å². The van der Waals surface area contributed by atoms with E-state index in [0.29, 0.717) is 0 Å². The van der Waals surface area contributed by atoms with Gasteiger partial charge in [0.1, 0.15) is 17.2 Å². The number of benzene rings is 1. The van der Waals surface area contributed by atoms with Crippen LogP contribution in [0.15, 0.2) is 12.1 Å². The maximum Gasteiger partial charge on any atom is 0.312 e. The van der Waals surface area contributed by atoms with E-state index in [9.17, 15) is 18.7 Å². The highest BCUT2D eigenvalue weighted by molar-refractivity contribution is 5.74.